The maximum absolute atomic E-state index is 5.85. The van der Waals surface area contributed by atoms with Crippen molar-refractivity contribution in [3.05, 3.63) is 95.2 Å². The lowest BCUT2D eigenvalue weighted by Crippen LogP contribution is -1.96. The zero-order valence-electron chi connectivity index (χ0n) is 15.0. The third-order valence-corrected chi connectivity index (χ3v) is 4.85. The molecule has 1 aromatic heterocycles. The van der Waals surface area contributed by atoms with Crippen molar-refractivity contribution in [1.82, 2.24) is 9.97 Å². The summed E-state index contributed by atoms with van der Waals surface area (Å²) in [6.45, 7) is 2.10. The van der Waals surface area contributed by atoms with Crippen LogP contribution in [-0.2, 0) is 6.42 Å². The number of rotatable bonds is 3. The monoisotopic (exact) mass is 350 g/mol. The highest BCUT2D eigenvalue weighted by atomic mass is 16.5. The van der Waals surface area contributed by atoms with Gasteiger partial charge in [-0.2, -0.15) is 0 Å². The number of para-hydroxylation sites is 1. The first-order valence-electron chi connectivity index (χ1n) is 9.05. The summed E-state index contributed by atoms with van der Waals surface area (Å²) in [6.07, 6.45) is 4.90. The second-order valence-electron chi connectivity index (χ2n) is 6.85. The van der Waals surface area contributed by atoms with Gasteiger partial charge in [-0.1, -0.05) is 48.5 Å². The fourth-order valence-electron chi connectivity index (χ4n) is 3.60. The van der Waals surface area contributed by atoms with E-state index >= 15 is 0 Å². The summed E-state index contributed by atoms with van der Waals surface area (Å²) in [6, 6.07) is 22.5. The fraction of sp³-hybridized carbons (Fsp3) is 0.0833. The Hall–Kier alpha value is -3.46. The van der Waals surface area contributed by atoms with Crippen molar-refractivity contribution in [2.45, 2.75) is 13.3 Å². The van der Waals surface area contributed by atoms with E-state index in [1.54, 1.807) is 6.20 Å². The summed E-state index contributed by atoms with van der Waals surface area (Å²) in [4.78, 5) is 9.40. The van der Waals surface area contributed by atoms with Crippen LogP contribution < -0.4 is 4.74 Å². The van der Waals surface area contributed by atoms with Gasteiger partial charge in [-0.15, -0.1) is 0 Å². The minimum absolute atomic E-state index is 0.508. The number of allylic oxidation sites excluding steroid dienone is 1. The summed E-state index contributed by atoms with van der Waals surface area (Å²) >= 11 is 0. The molecule has 0 saturated heterocycles. The van der Waals surface area contributed by atoms with Crippen LogP contribution in [0.25, 0.3) is 22.7 Å². The van der Waals surface area contributed by atoms with Crippen LogP contribution in [0.1, 0.15) is 22.3 Å². The van der Waals surface area contributed by atoms with Crippen LogP contribution >= 0.6 is 0 Å². The fourth-order valence-corrected chi connectivity index (χ4v) is 3.60. The second kappa shape index (κ2) is 6.36. The number of ether oxygens (including phenoxy) is 1. The molecule has 3 aromatic carbocycles. The molecule has 3 nitrogen and oxygen atoms in total. The Kier molecular flexibility index (Phi) is 3.72. The van der Waals surface area contributed by atoms with Crippen molar-refractivity contribution in [3.63, 3.8) is 0 Å². The van der Waals surface area contributed by atoms with E-state index in [-0.39, 0.29) is 0 Å². The van der Waals surface area contributed by atoms with Crippen molar-refractivity contribution in [1.29, 1.82) is 0 Å². The van der Waals surface area contributed by atoms with Crippen molar-refractivity contribution >= 4 is 22.7 Å². The molecule has 0 bridgehead atoms. The van der Waals surface area contributed by atoms with Gasteiger partial charge >= 0.3 is 0 Å². The Balaban J connectivity index is 1.57. The van der Waals surface area contributed by atoms with Gasteiger partial charge in [0, 0.05) is 5.56 Å². The average Bonchev–Trinajstić information content (AvgIpc) is 3.12. The topological polar surface area (TPSA) is 35.0 Å². The molecule has 0 spiro atoms. The van der Waals surface area contributed by atoms with E-state index in [1.165, 1.54) is 22.3 Å². The van der Waals surface area contributed by atoms with E-state index in [9.17, 15) is 0 Å². The van der Waals surface area contributed by atoms with Crippen molar-refractivity contribution < 1.29 is 4.74 Å². The van der Waals surface area contributed by atoms with Crippen LogP contribution in [0.3, 0.4) is 0 Å². The zero-order chi connectivity index (χ0) is 18.2. The predicted molar refractivity (Wildman–Crippen MR) is 109 cm³/mol. The molecule has 5 rings (SSSR count). The van der Waals surface area contributed by atoms with Crippen LogP contribution in [0.5, 0.6) is 11.6 Å². The van der Waals surface area contributed by atoms with Gasteiger partial charge in [0.15, 0.2) is 0 Å². The van der Waals surface area contributed by atoms with E-state index in [0.29, 0.717) is 5.88 Å². The number of aromatic nitrogens is 2. The molecule has 1 heterocycles. The first-order valence-corrected chi connectivity index (χ1v) is 9.05. The quantitative estimate of drug-likeness (QED) is 0.466. The molecule has 0 radical (unpaired) electrons. The molecule has 27 heavy (non-hydrogen) atoms. The number of benzene rings is 3. The molecule has 3 heteroatoms. The third-order valence-electron chi connectivity index (χ3n) is 4.85. The zero-order valence-corrected chi connectivity index (χ0v) is 15.0. The minimum atomic E-state index is 0.508. The van der Waals surface area contributed by atoms with Gasteiger partial charge < -0.3 is 4.74 Å². The molecule has 0 amide bonds. The standard InChI is InChI=1S/C24H18N2O/c1-16-11-21(19-13-17-7-5-6-8-18(17)14-19)24-22(12-16)26-23(15-25-24)27-20-9-3-2-4-10-20/h2-13,15H,14H2,1H3. The Morgan fingerprint density at radius 2 is 1.74 bits per heavy atom. The van der Waals surface area contributed by atoms with E-state index in [1.807, 2.05) is 30.3 Å². The van der Waals surface area contributed by atoms with Crippen LogP contribution in [0.15, 0.2) is 72.9 Å². The normalized spacial score (nSPS) is 12.7. The lowest BCUT2D eigenvalue weighted by Gasteiger charge is -2.10. The lowest BCUT2D eigenvalue weighted by molar-refractivity contribution is 0.463. The molecule has 0 aliphatic heterocycles. The molecule has 0 fully saturated rings. The molecular formula is C24H18N2O. The molecule has 0 unspecified atom stereocenters. The average molecular weight is 350 g/mol. The van der Waals surface area contributed by atoms with Crippen molar-refractivity contribution in [2.24, 2.45) is 0 Å². The maximum atomic E-state index is 5.85. The van der Waals surface area contributed by atoms with Crippen LogP contribution in [-0.4, -0.2) is 9.97 Å². The molecule has 130 valence electrons. The first kappa shape index (κ1) is 15.8. The highest BCUT2D eigenvalue weighted by Crippen LogP contribution is 2.35. The van der Waals surface area contributed by atoms with Crippen LogP contribution in [0.4, 0.5) is 0 Å². The van der Waals surface area contributed by atoms with E-state index in [2.05, 4.69) is 49.4 Å². The van der Waals surface area contributed by atoms with Gasteiger partial charge in [0.2, 0.25) is 5.88 Å². The predicted octanol–water partition coefficient (Wildman–Crippen LogP) is 5.83. The summed E-state index contributed by atoms with van der Waals surface area (Å²) in [5, 5.41) is 0. The number of fused-ring (bicyclic) bond motifs is 2. The van der Waals surface area contributed by atoms with Crippen LogP contribution in [0, 0.1) is 6.92 Å². The molecule has 0 N–H and O–H groups in total. The lowest BCUT2D eigenvalue weighted by atomic mass is 9.99. The van der Waals surface area contributed by atoms with Gasteiger partial charge in [0.05, 0.1) is 17.2 Å². The molecule has 1 aliphatic rings. The molecular weight excluding hydrogens is 332 g/mol. The van der Waals surface area contributed by atoms with Gasteiger partial charge in [-0.05, 0) is 59.9 Å². The van der Waals surface area contributed by atoms with E-state index in [4.69, 9.17) is 14.7 Å². The molecule has 1 aliphatic carbocycles. The molecule has 4 aromatic rings. The second-order valence-corrected chi connectivity index (χ2v) is 6.85. The third kappa shape index (κ3) is 2.97. The van der Waals surface area contributed by atoms with Gasteiger partial charge in [-0.3, -0.25) is 0 Å². The summed E-state index contributed by atoms with van der Waals surface area (Å²) in [5.41, 5.74) is 8.03. The SMILES string of the molecule is Cc1cc(C2=Cc3ccccc3C2)c2ncc(Oc3ccccc3)nc2c1. The van der Waals surface area contributed by atoms with E-state index < -0.39 is 0 Å². The van der Waals surface area contributed by atoms with Gasteiger partial charge in [0.1, 0.15) is 5.75 Å². The molecule has 0 saturated carbocycles. The minimum Gasteiger partial charge on any atom is -0.437 e. The summed E-state index contributed by atoms with van der Waals surface area (Å²) < 4.78 is 5.85. The number of nitrogens with zero attached hydrogens (tertiary/aromatic N) is 2. The Labute approximate surface area is 158 Å². The maximum Gasteiger partial charge on any atom is 0.238 e. The first-order chi connectivity index (χ1) is 13.3. The summed E-state index contributed by atoms with van der Waals surface area (Å²) in [5.74, 6) is 1.27. The molecule has 0 atom stereocenters. The highest BCUT2D eigenvalue weighted by molar-refractivity contribution is 5.97. The Morgan fingerprint density at radius 1 is 0.926 bits per heavy atom. The van der Waals surface area contributed by atoms with Gasteiger partial charge in [-0.25, -0.2) is 9.97 Å². The largest absolute Gasteiger partial charge is 0.437 e. The van der Waals surface area contributed by atoms with Crippen molar-refractivity contribution in [2.75, 3.05) is 0 Å². The Bertz CT molecular complexity index is 1180. The highest BCUT2D eigenvalue weighted by Gasteiger charge is 2.17. The van der Waals surface area contributed by atoms with Gasteiger partial charge in [0.25, 0.3) is 0 Å². The van der Waals surface area contributed by atoms with Crippen molar-refractivity contribution in [3.8, 4) is 11.6 Å². The number of hydrogen-bond donors (Lipinski definition) is 0. The summed E-state index contributed by atoms with van der Waals surface area (Å²) in [7, 11) is 0. The number of aryl methyl sites for hydroxylation is 1. The van der Waals surface area contributed by atoms with Crippen LogP contribution in [0.2, 0.25) is 0 Å². The van der Waals surface area contributed by atoms with E-state index in [0.717, 1.165) is 28.8 Å². The Morgan fingerprint density at radius 3 is 2.59 bits per heavy atom. The number of hydrogen-bond acceptors (Lipinski definition) is 3. The smallest absolute Gasteiger partial charge is 0.238 e.